The molecule has 0 aromatic heterocycles. The number of ketones is 1. The van der Waals surface area contributed by atoms with E-state index in [0.29, 0.717) is 17.7 Å². The molecule has 0 radical (unpaired) electrons. The highest BCUT2D eigenvalue weighted by molar-refractivity contribution is 5.81. The third-order valence-corrected chi connectivity index (χ3v) is 4.05. The molecule has 0 saturated heterocycles. The van der Waals surface area contributed by atoms with Crippen LogP contribution in [0, 0.1) is 18.8 Å². The predicted molar refractivity (Wildman–Crippen MR) is 90.3 cm³/mol. The number of nitrogens with one attached hydrogen (secondary N) is 2. The summed E-state index contributed by atoms with van der Waals surface area (Å²) in [5.41, 5.74) is 0.0930. The number of benzene rings is 1. The molecule has 0 spiro atoms. The molecular formula is C18H25F3N2O2. The van der Waals surface area contributed by atoms with Gasteiger partial charge in [-0.05, 0) is 36.5 Å². The van der Waals surface area contributed by atoms with Crippen molar-refractivity contribution in [2.24, 2.45) is 11.8 Å². The van der Waals surface area contributed by atoms with Gasteiger partial charge in [-0.25, -0.2) is 4.79 Å². The maximum atomic E-state index is 12.9. The highest BCUT2D eigenvalue weighted by atomic mass is 19.4. The molecule has 0 fully saturated rings. The summed E-state index contributed by atoms with van der Waals surface area (Å²) in [6.07, 6.45) is -4.27. The molecular weight excluding hydrogens is 333 g/mol. The maximum Gasteiger partial charge on any atom is 0.416 e. The topological polar surface area (TPSA) is 58.2 Å². The molecule has 140 valence electrons. The number of amides is 2. The van der Waals surface area contributed by atoms with E-state index in [2.05, 4.69) is 10.6 Å². The summed E-state index contributed by atoms with van der Waals surface area (Å²) < 4.78 is 38.6. The van der Waals surface area contributed by atoms with Gasteiger partial charge in [-0.3, -0.25) is 4.79 Å². The minimum atomic E-state index is -4.43. The molecule has 0 unspecified atom stereocenters. The molecule has 1 atom stereocenters. The normalized spacial score (nSPS) is 12.8. The lowest BCUT2D eigenvalue weighted by atomic mass is 9.88. The summed E-state index contributed by atoms with van der Waals surface area (Å²) >= 11 is 0. The van der Waals surface area contributed by atoms with Gasteiger partial charge in [0.2, 0.25) is 0 Å². The summed E-state index contributed by atoms with van der Waals surface area (Å²) in [6, 6.07) is 3.36. The van der Waals surface area contributed by atoms with E-state index >= 15 is 0 Å². The smallest absolute Gasteiger partial charge is 0.341 e. The Balaban J connectivity index is 2.77. The minimum absolute atomic E-state index is 0.0477. The van der Waals surface area contributed by atoms with Crippen molar-refractivity contribution >= 4 is 11.8 Å². The van der Waals surface area contributed by atoms with Gasteiger partial charge < -0.3 is 10.6 Å². The zero-order valence-corrected chi connectivity index (χ0v) is 15.0. The van der Waals surface area contributed by atoms with Crippen molar-refractivity contribution in [2.45, 2.75) is 39.8 Å². The number of rotatable bonds is 7. The fraction of sp³-hybridized carbons (Fsp3) is 0.556. The van der Waals surface area contributed by atoms with Crippen molar-refractivity contribution in [3.63, 3.8) is 0 Å². The standard InChI is InChI=1S/C18H25F3N2O2/c1-11(2)14(10-23-17(25)22-4)9-16(24)8-13-5-12(3)6-15(7-13)18(19,20)21/h5-7,11,14H,8-10H2,1-4H3,(H2,22,23,25)/t14-/m1/s1. The second-order valence-corrected chi connectivity index (χ2v) is 6.59. The van der Waals surface area contributed by atoms with Crippen molar-refractivity contribution in [2.75, 3.05) is 13.6 Å². The Morgan fingerprint density at radius 1 is 1.16 bits per heavy atom. The number of alkyl halides is 3. The Morgan fingerprint density at radius 3 is 2.32 bits per heavy atom. The Bertz CT molecular complexity index is 613. The lowest BCUT2D eigenvalue weighted by molar-refractivity contribution is -0.137. The predicted octanol–water partition coefficient (Wildman–Crippen LogP) is 3.72. The minimum Gasteiger partial charge on any atom is -0.341 e. The van der Waals surface area contributed by atoms with Gasteiger partial charge in [0, 0.05) is 26.4 Å². The van der Waals surface area contributed by atoms with Gasteiger partial charge in [0.15, 0.2) is 0 Å². The van der Waals surface area contributed by atoms with Gasteiger partial charge in [0.1, 0.15) is 5.78 Å². The molecule has 0 heterocycles. The highest BCUT2D eigenvalue weighted by Gasteiger charge is 2.31. The number of carbonyl (C=O) groups excluding carboxylic acids is 2. The fourth-order valence-corrected chi connectivity index (χ4v) is 2.58. The summed E-state index contributed by atoms with van der Waals surface area (Å²) in [5, 5.41) is 5.11. The Kier molecular flexibility index (Phi) is 7.45. The van der Waals surface area contributed by atoms with E-state index in [0.717, 1.165) is 12.1 Å². The molecule has 2 N–H and O–H groups in total. The summed E-state index contributed by atoms with van der Waals surface area (Å²) in [7, 11) is 1.50. The Morgan fingerprint density at radius 2 is 1.80 bits per heavy atom. The number of urea groups is 1. The molecule has 7 heteroatoms. The van der Waals surface area contributed by atoms with Crippen LogP contribution in [0.15, 0.2) is 18.2 Å². The van der Waals surface area contributed by atoms with Gasteiger partial charge in [-0.15, -0.1) is 0 Å². The molecule has 2 amide bonds. The highest BCUT2D eigenvalue weighted by Crippen LogP contribution is 2.31. The van der Waals surface area contributed by atoms with Crippen LogP contribution in [-0.4, -0.2) is 25.4 Å². The van der Waals surface area contributed by atoms with E-state index in [1.54, 1.807) is 13.0 Å². The second kappa shape index (κ2) is 8.87. The number of halogens is 3. The van der Waals surface area contributed by atoms with Gasteiger partial charge in [-0.1, -0.05) is 25.5 Å². The van der Waals surface area contributed by atoms with Crippen LogP contribution in [0.25, 0.3) is 0 Å². The molecule has 0 aliphatic carbocycles. The number of carbonyl (C=O) groups is 2. The van der Waals surface area contributed by atoms with Gasteiger partial charge in [0.05, 0.1) is 5.56 Å². The van der Waals surface area contributed by atoms with Crippen molar-refractivity contribution in [1.82, 2.24) is 10.6 Å². The average Bonchev–Trinajstić information content (AvgIpc) is 2.49. The zero-order chi connectivity index (χ0) is 19.2. The van der Waals surface area contributed by atoms with Crippen molar-refractivity contribution < 1.29 is 22.8 Å². The molecule has 0 aliphatic rings. The molecule has 1 rings (SSSR count). The number of aryl methyl sites for hydroxylation is 1. The monoisotopic (exact) mass is 358 g/mol. The van der Waals surface area contributed by atoms with Gasteiger partial charge in [-0.2, -0.15) is 13.2 Å². The van der Waals surface area contributed by atoms with Crippen LogP contribution in [0.3, 0.4) is 0 Å². The van der Waals surface area contributed by atoms with Crippen LogP contribution in [0.5, 0.6) is 0 Å². The van der Waals surface area contributed by atoms with E-state index in [4.69, 9.17) is 0 Å². The van der Waals surface area contributed by atoms with E-state index < -0.39 is 11.7 Å². The van der Waals surface area contributed by atoms with Crippen LogP contribution < -0.4 is 10.6 Å². The van der Waals surface area contributed by atoms with Crippen LogP contribution in [-0.2, 0) is 17.4 Å². The Labute approximate surface area is 146 Å². The van der Waals surface area contributed by atoms with E-state index in [1.165, 1.54) is 7.05 Å². The quantitative estimate of drug-likeness (QED) is 0.780. The molecule has 4 nitrogen and oxygen atoms in total. The first kappa shape index (κ1) is 21.0. The lowest BCUT2D eigenvalue weighted by Gasteiger charge is -2.20. The molecule has 25 heavy (non-hydrogen) atoms. The second-order valence-electron chi connectivity index (χ2n) is 6.59. The first-order valence-corrected chi connectivity index (χ1v) is 8.18. The molecule has 1 aromatic carbocycles. The first-order chi connectivity index (χ1) is 11.5. The third-order valence-electron chi connectivity index (χ3n) is 4.05. The summed E-state index contributed by atoms with van der Waals surface area (Å²) in [4.78, 5) is 23.6. The summed E-state index contributed by atoms with van der Waals surface area (Å²) in [5.74, 6) is -0.0582. The molecule has 0 saturated carbocycles. The van der Waals surface area contributed by atoms with Crippen molar-refractivity contribution in [3.05, 3.63) is 34.9 Å². The van der Waals surface area contributed by atoms with Gasteiger partial charge >= 0.3 is 12.2 Å². The number of hydrogen-bond donors (Lipinski definition) is 2. The number of hydrogen-bond acceptors (Lipinski definition) is 2. The van der Waals surface area contributed by atoms with Crippen LogP contribution >= 0.6 is 0 Å². The molecule has 0 aliphatic heterocycles. The molecule has 0 bridgehead atoms. The fourth-order valence-electron chi connectivity index (χ4n) is 2.58. The zero-order valence-electron chi connectivity index (χ0n) is 15.0. The van der Waals surface area contributed by atoms with Crippen LogP contribution in [0.1, 0.15) is 37.0 Å². The average molecular weight is 358 g/mol. The van der Waals surface area contributed by atoms with E-state index in [1.807, 2.05) is 13.8 Å². The van der Waals surface area contributed by atoms with Crippen LogP contribution in [0.4, 0.5) is 18.0 Å². The van der Waals surface area contributed by atoms with E-state index in [-0.39, 0.29) is 36.5 Å². The third kappa shape index (κ3) is 7.15. The van der Waals surface area contributed by atoms with Crippen LogP contribution in [0.2, 0.25) is 0 Å². The first-order valence-electron chi connectivity index (χ1n) is 8.18. The maximum absolute atomic E-state index is 12.9. The van der Waals surface area contributed by atoms with Crippen molar-refractivity contribution in [1.29, 1.82) is 0 Å². The number of Topliss-reactive ketones (excluding diaryl/α,β-unsaturated/α-hetero) is 1. The van der Waals surface area contributed by atoms with Gasteiger partial charge in [0.25, 0.3) is 0 Å². The van der Waals surface area contributed by atoms with E-state index in [9.17, 15) is 22.8 Å². The lowest BCUT2D eigenvalue weighted by Crippen LogP contribution is -2.38. The summed E-state index contributed by atoms with van der Waals surface area (Å²) in [6.45, 7) is 5.80. The molecule has 1 aromatic rings. The van der Waals surface area contributed by atoms with Crippen molar-refractivity contribution in [3.8, 4) is 0 Å². The largest absolute Gasteiger partial charge is 0.416 e. The SMILES string of the molecule is CNC(=O)NC[C@@H](CC(=O)Cc1cc(C)cc(C(F)(F)F)c1)C(C)C. The Hall–Kier alpha value is -2.05.